The van der Waals surface area contributed by atoms with Crippen LogP contribution in [0.15, 0.2) is 24.3 Å². The Bertz CT molecular complexity index is 503. The highest BCUT2D eigenvalue weighted by Gasteiger charge is 2.30. The molecule has 0 aromatic heterocycles. The molecule has 2 rings (SSSR count). The topological polar surface area (TPSA) is 32.8 Å². The van der Waals surface area contributed by atoms with Crippen LogP contribution in [0.3, 0.4) is 0 Å². The van der Waals surface area contributed by atoms with Gasteiger partial charge in [-0.15, -0.1) is 0 Å². The molecule has 1 aliphatic rings. The average Bonchev–Trinajstić information content (AvgIpc) is 2.55. The summed E-state index contributed by atoms with van der Waals surface area (Å²) in [5, 5.41) is 0. The Balaban J connectivity index is 1.77. The molecule has 2 unspecified atom stereocenters. The second kappa shape index (κ2) is 9.19. The number of rotatable bonds is 7. The molecule has 0 aliphatic carbocycles. The Morgan fingerprint density at radius 2 is 1.79 bits per heavy atom. The van der Waals surface area contributed by atoms with Gasteiger partial charge in [0.1, 0.15) is 0 Å². The number of carbonyl (C=O) groups excluding carboxylic acids is 1. The van der Waals surface area contributed by atoms with Crippen LogP contribution in [0.1, 0.15) is 37.8 Å². The molecule has 0 spiro atoms. The highest BCUT2D eigenvalue weighted by atomic mass is 16.5. The van der Waals surface area contributed by atoms with Crippen molar-refractivity contribution in [3.63, 3.8) is 0 Å². The van der Waals surface area contributed by atoms with Crippen LogP contribution in [0.5, 0.6) is 0 Å². The van der Waals surface area contributed by atoms with Gasteiger partial charge in [0.2, 0.25) is 5.91 Å². The molecule has 134 valence electrons. The summed E-state index contributed by atoms with van der Waals surface area (Å²) < 4.78 is 5.20. The smallest absolute Gasteiger partial charge is 0.222 e. The SMILES string of the molecule is COCCN1C(C)CN(C(=O)CCCc2ccc(C)cc2)CC1C. The van der Waals surface area contributed by atoms with E-state index in [4.69, 9.17) is 4.74 Å². The molecule has 1 saturated heterocycles. The molecule has 0 N–H and O–H groups in total. The number of nitrogens with zero attached hydrogens (tertiary/aromatic N) is 2. The van der Waals surface area contributed by atoms with Gasteiger partial charge in [0.25, 0.3) is 0 Å². The molecule has 1 amide bonds. The van der Waals surface area contributed by atoms with Gasteiger partial charge in [0.15, 0.2) is 0 Å². The number of hydrogen-bond donors (Lipinski definition) is 0. The first kappa shape index (κ1) is 18.9. The van der Waals surface area contributed by atoms with E-state index in [1.165, 1.54) is 11.1 Å². The predicted molar refractivity (Wildman–Crippen MR) is 98.2 cm³/mol. The minimum Gasteiger partial charge on any atom is -0.383 e. The van der Waals surface area contributed by atoms with Crippen LogP contribution in [0.2, 0.25) is 0 Å². The second-order valence-corrected chi connectivity index (χ2v) is 7.07. The van der Waals surface area contributed by atoms with Crippen molar-refractivity contribution in [3.05, 3.63) is 35.4 Å². The summed E-state index contributed by atoms with van der Waals surface area (Å²) in [5.74, 6) is 0.298. The number of methoxy groups -OCH3 is 1. The monoisotopic (exact) mass is 332 g/mol. The predicted octanol–water partition coefficient (Wildman–Crippen LogP) is 2.89. The lowest BCUT2D eigenvalue weighted by atomic mass is 10.0. The van der Waals surface area contributed by atoms with Crippen molar-refractivity contribution in [1.29, 1.82) is 0 Å². The van der Waals surface area contributed by atoms with Gasteiger partial charge in [-0.3, -0.25) is 9.69 Å². The maximum Gasteiger partial charge on any atom is 0.222 e. The van der Waals surface area contributed by atoms with E-state index in [0.29, 0.717) is 24.4 Å². The molecule has 1 aliphatic heterocycles. The molecule has 1 aromatic rings. The minimum absolute atomic E-state index is 0.298. The van der Waals surface area contributed by atoms with E-state index in [-0.39, 0.29) is 0 Å². The lowest BCUT2D eigenvalue weighted by Crippen LogP contribution is -2.58. The molecule has 0 radical (unpaired) electrons. The fourth-order valence-corrected chi connectivity index (χ4v) is 3.55. The maximum atomic E-state index is 12.5. The van der Waals surface area contributed by atoms with Crippen molar-refractivity contribution >= 4 is 5.91 Å². The molecular weight excluding hydrogens is 300 g/mol. The van der Waals surface area contributed by atoms with Crippen molar-refractivity contribution < 1.29 is 9.53 Å². The van der Waals surface area contributed by atoms with Crippen molar-refractivity contribution in [2.75, 3.05) is 33.4 Å². The lowest BCUT2D eigenvalue weighted by molar-refractivity contribution is -0.135. The van der Waals surface area contributed by atoms with Crippen LogP contribution in [0, 0.1) is 6.92 Å². The molecule has 1 fully saturated rings. The fraction of sp³-hybridized carbons (Fsp3) is 0.650. The zero-order chi connectivity index (χ0) is 17.5. The van der Waals surface area contributed by atoms with Crippen molar-refractivity contribution in [2.24, 2.45) is 0 Å². The second-order valence-electron chi connectivity index (χ2n) is 7.07. The van der Waals surface area contributed by atoms with Crippen LogP contribution in [-0.2, 0) is 16.0 Å². The largest absolute Gasteiger partial charge is 0.383 e. The van der Waals surface area contributed by atoms with Crippen molar-refractivity contribution in [1.82, 2.24) is 9.80 Å². The van der Waals surface area contributed by atoms with E-state index < -0.39 is 0 Å². The highest BCUT2D eigenvalue weighted by Crippen LogP contribution is 2.17. The number of benzene rings is 1. The van der Waals surface area contributed by atoms with Gasteiger partial charge >= 0.3 is 0 Å². The summed E-state index contributed by atoms with van der Waals surface area (Å²) >= 11 is 0. The van der Waals surface area contributed by atoms with Gasteiger partial charge in [-0.2, -0.15) is 0 Å². The quantitative estimate of drug-likeness (QED) is 0.770. The number of aryl methyl sites for hydroxylation is 2. The zero-order valence-electron chi connectivity index (χ0n) is 15.6. The Labute approximate surface area is 146 Å². The minimum atomic E-state index is 0.298. The molecule has 4 heteroatoms. The third kappa shape index (κ3) is 5.32. The summed E-state index contributed by atoms with van der Waals surface area (Å²) in [6.07, 6.45) is 2.55. The zero-order valence-corrected chi connectivity index (χ0v) is 15.6. The summed E-state index contributed by atoms with van der Waals surface area (Å²) in [6, 6.07) is 9.39. The van der Waals surface area contributed by atoms with E-state index >= 15 is 0 Å². The van der Waals surface area contributed by atoms with E-state index in [1.807, 2.05) is 4.90 Å². The van der Waals surface area contributed by atoms with Gasteiger partial charge < -0.3 is 9.64 Å². The third-order valence-electron chi connectivity index (χ3n) is 4.98. The van der Waals surface area contributed by atoms with E-state index in [0.717, 1.165) is 39.1 Å². The van der Waals surface area contributed by atoms with Crippen LogP contribution >= 0.6 is 0 Å². The Morgan fingerprint density at radius 1 is 1.17 bits per heavy atom. The maximum absolute atomic E-state index is 12.5. The number of hydrogen-bond acceptors (Lipinski definition) is 3. The molecule has 0 bridgehead atoms. The normalized spacial score (nSPS) is 21.9. The fourth-order valence-electron chi connectivity index (χ4n) is 3.55. The molecular formula is C20H32N2O2. The van der Waals surface area contributed by atoms with E-state index in [1.54, 1.807) is 7.11 Å². The summed E-state index contributed by atoms with van der Waals surface area (Å²) in [5.41, 5.74) is 2.60. The first-order valence-corrected chi connectivity index (χ1v) is 9.09. The van der Waals surface area contributed by atoms with Gasteiger partial charge in [-0.1, -0.05) is 29.8 Å². The van der Waals surface area contributed by atoms with Gasteiger partial charge in [-0.05, 0) is 39.2 Å². The standard InChI is InChI=1S/C20H32N2O2/c1-16-8-10-19(11-9-16)6-5-7-20(23)21-14-17(2)22(12-13-24-4)18(3)15-21/h8-11,17-18H,5-7,12-15H2,1-4H3. The van der Waals surface area contributed by atoms with Gasteiger partial charge in [0, 0.05) is 45.2 Å². The van der Waals surface area contributed by atoms with Crippen molar-refractivity contribution in [3.8, 4) is 0 Å². The average molecular weight is 332 g/mol. The van der Waals surface area contributed by atoms with Gasteiger partial charge in [0.05, 0.1) is 6.61 Å². The first-order valence-electron chi connectivity index (χ1n) is 9.09. The molecule has 2 atom stereocenters. The molecule has 4 nitrogen and oxygen atoms in total. The third-order valence-corrected chi connectivity index (χ3v) is 4.98. The van der Waals surface area contributed by atoms with Crippen LogP contribution in [0.4, 0.5) is 0 Å². The number of ether oxygens (including phenoxy) is 1. The first-order chi connectivity index (χ1) is 11.5. The van der Waals surface area contributed by atoms with E-state index in [9.17, 15) is 4.79 Å². The van der Waals surface area contributed by atoms with Crippen LogP contribution in [0.25, 0.3) is 0 Å². The lowest BCUT2D eigenvalue weighted by Gasteiger charge is -2.44. The van der Waals surface area contributed by atoms with Crippen LogP contribution in [-0.4, -0.2) is 61.1 Å². The molecule has 1 heterocycles. The summed E-state index contributed by atoms with van der Waals surface area (Å²) in [6.45, 7) is 9.86. The number of amides is 1. The summed E-state index contributed by atoms with van der Waals surface area (Å²) in [4.78, 5) is 17.0. The Morgan fingerprint density at radius 3 is 2.38 bits per heavy atom. The molecule has 1 aromatic carbocycles. The van der Waals surface area contributed by atoms with Crippen molar-refractivity contribution in [2.45, 2.75) is 52.1 Å². The number of carbonyl (C=O) groups is 1. The molecule has 0 saturated carbocycles. The Hall–Kier alpha value is -1.39. The number of piperazine rings is 1. The van der Waals surface area contributed by atoms with Crippen LogP contribution < -0.4 is 0 Å². The highest BCUT2D eigenvalue weighted by molar-refractivity contribution is 5.76. The summed E-state index contributed by atoms with van der Waals surface area (Å²) in [7, 11) is 1.74. The van der Waals surface area contributed by atoms with Gasteiger partial charge in [-0.25, -0.2) is 0 Å². The Kier molecular flexibility index (Phi) is 7.25. The van der Waals surface area contributed by atoms with E-state index in [2.05, 4.69) is 49.9 Å². The molecule has 24 heavy (non-hydrogen) atoms.